The first-order valence-electron chi connectivity index (χ1n) is 4.44. The van der Waals surface area contributed by atoms with E-state index in [0.717, 1.165) is 12.8 Å². The van der Waals surface area contributed by atoms with Crippen molar-refractivity contribution in [2.24, 2.45) is 5.84 Å². The van der Waals surface area contributed by atoms with Crippen molar-refractivity contribution in [3.05, 3.63) is 23.9 Å². The lowest BCUT2D eigenvalue weighted by Crippen LogP contribution is -2.30. The molecule has 5 nitrogen and oxygen atoms in total. The molecular formula is C9H11N3O2. The van der Waals surface area contributed by atoms with Crippen molar-refractivity contribution >= 4 is 5.91 Å². The third kappa shape index (κ3) is 2.00. The Bertz CT molecular complexity index is 350. The van der Waals surface area contributed by atoms with E-state index >= 15 is 0 Å². The van der Waals surface area contributed by atoms with E-state index in [0.29, 0.717) is 5.88 Å². The van der Waals surface area contributed by atoms with Crippen LogP contribution in [0.2, 0.25) is 0 Å². The number of nitrogens with one attached hydrogen (secondary N) is 1. The Balaban J connectivity index is 2.12. The van der Waals surface area contributed by atoms with E-state index in [1.807, 2.05) is 5.43 Å². The van der Waals surface area contributed by atoms with Gasteiger partial charge in [0.25, 0.3) is 5.91 Å². The Morgan fingerprint density at radius 3 is 3.00 bits per heavy atom. The molecule has 1 heterocycles. The summed E-state index contributed by atoms with van der Waals surface area (Å²) in [7, 11) is 0. The molecule has 14 heavy (non-hydrogen) atoms. The van der Waals surface area contributed by atoms with Crippen LogP contribution in [0.5, 0.6) is 5.88 Å². The van der Waals surface area contributed by atoms with Crippen LogP contribution >= 0.6 is 0 Å². The monoisotopic (exact) mass is 193 g/mol. The second kappa shape index (κ2) is 3.63. The summed E-state index contributed by atoms with van der Waals surface area (Å²) < 4.78 is 5.43. The van der Waals surface area contributed by atoms with Gasteiger partial charge in [0.05, 0.1) is 0 Å². The first-order valence-corrected chi connectivity index (χ1v) is 4.44. The van der Waals surface area contributed by atoms with Gasteiger partial charge in [-0.1, -0.05) is 6.07 Å². The molecule has 2 rings (SSSR count). The number of hydrogen-bond donors (Lipinski definition) is 2. The van der Waals surface area contributed by atoms with Gasteiger partial charge in [-0.15, -0.1) is 0 Å². The average molecular weight is 193 g/mol. The summed E-state index contributed by atoms with van der Waals surface area (Å²) in [6.07, 6.45) is 2.41. The summed E-state index contributed by atoms with van der Waals surface area (Å²) in [5.41, 5.74) is 2.29. The van der Waals surface area contributed by atoms with Crippen molar-refractivity contribution in [1.82, 2.24) is 10.4 Å². The number of hydrazine groups is 1. The molecule has 0 unspecified atom stereocenters. The third-order valence-electron chi connectivity index (χ3n) is 1.90. The molecular weight excluding hydrogens is 182 g/mol. The normalized spacial score (nSPS) is 14.9. The molecule has 1 aliphatic carbocycles. The summed E-state index contributed by atoms with van der Waals surface area (Å²) in [6, 6.07) is 5.03. The molecule has 5 heteroatoms. The second-order valence-electron chi connectivity index (χ2n) is 3.15. The zero-order valence-electron chi connectivity index (χ0n) is 7.56. The van der Waals surface area contributed by atoms with Crippen LogP contribution in [0.3, 0.4) is 0 Å². The van der Waals surface area contributed by atoms with E-state index in [-0.39, 0.29) is 11.8 Å². The molecule has 1 aromatic rings. The van der Waals surface area contributed by atoms with Crippen molar-refractivity contribution < 1.29 is 9.53 Å². The van der Waals surface area contributed by atoms with Crippen LogP contribution in [-0.4, -0.2) is 17.0 Å². The highest BCUT2D eigenvalue weighted by Gasteiger charge is 2.24. The van der Waals surface area contributed by atoms with Gasteiger partial charge in [-0.3, -0.25) is 10.2 Å². The Morgan fingerprint density at radius 2 is 2.36 bits per heavy atom. The maximum Gasteiger partial charge on any atom is 0.283 e. The van der Waals surface area contributed by atoms with E-state index in [1.165, 1.54) is 0 Å². The molecule has 1 aromatic heterocycles. The van der Waals surface area contributed by atoms with Crippen LogP contribution < -0.4 is 16.0 Å². The number of ether oxygens (including phenoxy) is 1. The van der Waals surface area contributed by atoms with Gasteiger partial charge in [0.2, 0.25) is 5.88 Å². The molecule has 0 atom stereocenters. The first-order chi connectivity index (χ1) is 6.79. The van der Waals surface area contributed by atoms with Gasteiger partial charge in [0.1, 0.15) is 11.8 Å². The van der Waals surface area contributed by atoms with Crippen molar-refractivity contribution in [2.75, 3.05) is 0 Å². The molecule has 1 amide bonds. The van der Waals surface area contributed by atoms with Crippen LogP contribution in [-0.2, 0) is 0 Å². The van der Waals surface area contributed by atoms with Crippen LogP contribution in [0, 0.1) is 0 Å². The van der Waals surface area contributed by atoms with E-state index in [2.05, 4.69) is 4.98 Å². The zero-order chi connectivity index (χ0) is 9.97. The minimum Gasteiger partial charge on any atom is -0.474 e. The van der Waals surface area contributed by atoms with E-state index in [1.54, 1.807) is 18.2 Å². The lowest BCUT2D eigenvalue weighted by molar-refractivity contribution is 0.0947. The maximum absolute atomic E-state index is 11.1. The molecule has 1 aliphatic rings. The fraction of sp³-hybridized carbons (Fsp3) is 0.333. The summed E-state index contributed by atoms with van der Waals surface area (Å²) in [6.45, 7) is 0. The Hall–Kier alpha value is -1.62. The molecule has 0 aromatic carbocycles. The number of nitrogen functional groups attached to an aromatic ring is 1. The van der Waals surface area contributed by atoms with Gasteiger partial charge in [-0.2, -0.15) is 0 Å². The first kappa shape index (κ1) is 8.96. The number of pyridine rings is 1. The summed E-state index contributed by atoms with van der Waals surface area (Å²) in [5.74, 6) is 5.06. The predicted molar refractivity (Wildman–Crippen MR) is 49.5 cm³/mol. The van der Waals surface area contributed by atoms with Crippen molar-refractivity contribution in [3.63, 3.8) is 0 Å². The van der Waals surface area contributed by atoms with E-state index in [9.17, 15) is 4.79 Å². The van der Waals surface area contributed by atoms with Gasteiger partial charge in [-0.25, -0.2) is 10.8 Å². The van der Waals surface area contributed by atoms with Gasteiger partial charge < -0.3 is 4.74 Å². The number of amides is 1. The highest BCUT2D eigenvalue weighted by Crippen LogP contribution is 2.25. The zero-order valence-corrected chi connectivity index (χ0v) is 7.56. The third-order valence-corrected chi connectivity index (χ3v) is 1.90. The lowest BCUT2D eigenvalue weighted by atomic mass is 10.3. The van der Waals surface area contributed by atoms with Crippen LogP contribution in [0.25, 0.3) is 0 Å². The molecule has 0 spiro atoms. The molecule has 74 valence electrons. The number of carbonyl (C=O) groups excluding carboxylic acids is 1. The molecule has 0 radical (unpaired) electrons. The lowest BCUT2D eigenvalue weighted by Gasteiger charge is -2.04. The molecule has 0 aliphatic heterocycles. The predicted octanol–water partition coefficient (Wildman–Crippen LogP) is 0.226. The highest BCUT2D eigenvalue weighted by molar-refractivity contribution is 5.91. The SMILES string of the molecule is NNC(=O)c1cccc(OC2CC2)n1. The van der Waals surface area contributed by atoms with Crippen LogP contribution in [0.1, 0.15) is 23.3 Å². The molecule has 0 bridgehead atoms. The summed E-state index contributed by atoms with van der Waals surface area (Å²) in [4.78, 5) is 15.1. The van der Waals surface area contributed by atoms with Crippen molar-refractivity contribution in [1.29, 1.82) is 0 Å². The van der Waals surface area contributed by atoms with Crippen LogP contribution in [0.15, 0.2) is 18.2 Å². The number of aromatic nitrogens is 1. The second-order valence-corrected chi connectivity index (χ2v) is 3.15. The Kier molecular flexibility index (Phi) is 2.32. The largest absolute Gasteiger partial charge is 0.474 e. The number of rotatable bonds is 3. The minimum absolute atomic E-state index is 0.269. The molecule has 0 saturated heterocycles. The maximum atomic E-state index is 11.1. The van der Waals surface area contributed by atoms with E-state index < -0.39 is 5.91 Å². The fourth-order valence-electron chi connectivity index (χ4n) is 1.04. The van der Waals surface area contributed by atoms with Gasteiger partial charge in [0, 0.05) is 6.07 Å². The van der Waals surface area contributed by atoms with Gasteiger partial charge in [-0.05, 0) is 18.9 Å². The number of nitrogens with zero attached hydrogens (tertiary/aromatic N) is 1. The number of carbonyl (C=O) groups is 1. The summed E-state index contributed by atoms with van der Waals surface area (Å²) in [5, 5.41) is 0. The molecule has 1 saturated carbocycles. The van der Waals surface area contributed by atoms with Crippen LogP contribution in [0.4, 0.5) is 0 Å². The van der Waals surface area contributed by atoms with Crippen molar-refractivity contribution in [2.45, 2.75) is 18.9 Å². The standard InChI is InChI=1S/C9H11N3O2/c10-12-9(13)7-2-1-3-8(11-7)14-6-4-5-6/h1-3,6H,4-5,10H2,(H,12,13). The smallest absolute Gasteiger partial charge is 0.283 e. The Labute approximate surface area is 81.2 Å². The van der Waals surface area contributed by atoms with Gasteiger partial charge in [0.15, 0.2) is 0 Å². The van der Waals surface area contributed by atoms with Gasteiger partial charge >= 0.3 is 0 Å². The number of nitrogens with two attached hydrogens (primary N) is 1. The van der Waals surface area contributed by atoms with E-state index in [4.69, 9.17) is 10.6 Å². The van der Waals surface area contributed by atoms with Crippen molar-refractivity contribution in [3.8, 4) is 5.88 Å². The number of hydrogen-bond acceptors (Lipinski definition) is 4. The Morgan fingerprint density at radius 1 is 1.57 bits per heavy atom. The molecule has 1 fully saturated rings. The molecule has 3 N–H and O–H groups in total. The average Bonchev–Trinajstić information content (AvgIpc) is 3.01. The minimum atomic E-state index is -0.411. The quantitative estimate of drug-likeness (QED) is 0.409. The summed E-state index contributed by atoms with van der Waals surface area (Å²) >= 11 is 0. The highest BCUT2D eigenvalue weighted by atomic mass is 16.5. The topological polar surface area (TPSA) is 77.2 Å². The fourth-order valence-corrected chi connectivity index (χ4v) is 1.04.